The highest BCUT2D eigenvalue weighted by molar-refractivity contribution is 7.71. The van der Waals surface area contributed by atoms with E-state index in [0.29, 0.717) is 49.5 Å². The maximum atomic E-state index is 12.7. The van der Waals surface area contributed by atoms with E-state index in [9.17, 15) is 18.0 Å². The fraction of sp³-hybridized carbons (Fsp3) is 0.529. The fourth-order valence-corrected chi connectivity index (χ4v) is 3.65. The molecule has 0 saturated carbocycles. The minimum atomic E-state index is -4.49. The monoisotopic (exact) mass is 448 g/mol. The van der Waals surface area contributed by atoms with Crippen LogP contribution in [0.3, 0.4) is 0 Å². The van der Waals surface area contributed by atoms with Gasteiger partial charge in [-0.2, -0.15) is 18.3 Å². The molecule has 3 rings (SSSR count). The van der Waals surface area contributed by atoms with Crippen molar-refractivity contribution in [3.05, 3.63) is 33.4 Å². The summed E-state index contributed by atoms with van der Waals surface area (Å²) in [5.41, 5.74) is -0.881. The molecule has 158 valence electrons. The number of aromatic nitrogens is 4. The first-order chi connectivity index (χ1) is 13.7. The van der Waals surface area contributed by atoms with Crippen molar-refractivity contribution in [2.45, 2.75) is 25.4 Å². The second-order valence-electron chi connectivity index (χ2n) is 6.83. The van der Waals surface area contributed by atoms with Gasteiger partial charge >= 0.3 is 6.18 Å². The van der Waals surface area contributed by atoms with Crippen LogP contribution in [-0.2, 0) is 24.4 Å². The van der Waals surface area contributed by atoms with Crippen molar-refractivity contribution < 1.29 is 18.0 Å². The minimum Gasteiger partial charge on any atom is -0.355 e. The number of H-pyrrole nitrogens is 1. The van der Waals surface area contributed by atoms with Gasteiger partial charge in [-0.15, -0.1) is 0 Å². The summed E-state index contributed by atoms with van der Waals surface area (Å²) >= 11 is 11.1. The van der Waals surface area contributed by atoms with Crippen molar-refractivity contribution >= 4 is 35.5 Å². The number of nitrogens with zero attached hydrogens (tertiary/aromatic N) is 4. The number of halogens is 4. The van der Waals surface area contributed by atoms with E-state index in [-0.39, 0.29) is 16.8 Å². The summed E-state index contributed by atoms with van der Waals surface area (Å²) in [6, 6.07) is 0.881. The molecule has 0 unspecified atom stereocenters. The number of alkyl halides is 3. The molecule has 3 heterocycles. The van der Waals surface area contributed by atoms with Crippen molar-refractivity contribution in [3.8, 4) is 0 Å². The number of pyridine rings is 1. The molecule has 29 heavy (non-hydrogen) atoms. The van der Waals surface area contributed by atoms with Crippen molar-refractivity contribution in [1.82, 2.24) is 25.1 Å². The van der Waals surface area contributed by atoms with E-state index in [1.165, 1.54) is 0 Å². The molecule has 0 aromatic carbocycles. The van der Waals surface area contributed by atoms with Gasteiger partial charge < -0.3 is 14.8 Å². The van der Waals surface area contributed by atoms with E-state index < -0.39 is 11.7 Å². The van der Waals surface area contributed by atoms with Crippen LogP contribution in [0.25, 0.3) is 0 Å². The van der Waals surface area contributed by atoms with Crippen LogP contribution < -0.4 is 10.2 Å². The third kappa shape index (κ3) is 5.08. The molecule has 2 aromatic rings. The number of hydrogen-bond acceptors (Lipinski definition) is 5. The predicted octanol–water partition coefficient (Wildman–Crippen LogP) is 3.12. The highest BCUT2D eigenvalue weighted by atomic mass is 35.5. The average Bonchev–Trinajstić information content (AvgIpc) is 2.99. The lowest BCUT2D eigenvalue weighted by Gasteiger charge is -2.32. The van der Waals surface area contributed by atoms with Crippen LogP contribution in [0, 0.1) is 10.7 Å². The van der Waals surface area contributed by atoms with Crippen LogP contribution >= 0.6 is 23.8 Å². The maximum Gasteiger partial charge on any atom is 0.417 e. The Morgan fingerprint density at radius 2 is 2.10 bits per heavy atom. The highest BCUT2D eigenvalue weighted by Crippen LogP contribution is 2.34. The molecule has 7 nitrogen and oxygen atoms in total. The summed E-state index contributed by atoms with van der Waals surface area (Å²) in [4.78, 5) is 18.1. The lowest BCUT2D eigenvalue weighted by Crippen LogP contribution is -2.41. The largest absolute Gasteiger partial charge is 0.417 e. The van der Waals surface area contributed by atoms with Gasteiger partial charge in [0.1, 0.15) is 11.6 Å². The standard InChI is InChI=1S/C17H20ClF3N6OS/c1-26-13(24-25-16(26)29)2-5-22-15(28)10-3-6-27(7-4-10)14-12(18)8-11(9-23-14)17(19,20)21/h8-10H,2-7H2,1H3,(H,22,28)(H,25,29). The summed E-state index contributed by atoms with van der Waals surface area (Å²) in [5, 5.41) is 9.65. The van der Waals surface area contributed by atoms with Crippen LogP contribution in [-0.4, -0.2) is 45.3 Å². The number of amides is 1. The highest BCUT2D eigenvalue weighted by Gasteiger charge is 2.33. The summed E-state index contributed by atoms with van der Waals surface area (Å²) in [6.07, 6.45) is -2.02. The van der Waals surface area contributed by atoms with Crippen molar-refractivity contribution in [1.29, 1.82) is 0 Å². The van der Waals surface area contributed by atoms with Gasteiger partial charge in [0.2, 0.25) is 5.91 Å². The Bertz CT molecular complexity index is 936. The van der Waals surface area contributed by atoms with E-state index in [4.69, 9.17) is 23.8 Å². The molecule has 2 N–H and O–H groups in total. The Hall–Kier alpha value is -2.14. The van der Waals surface area contributed by atoms with E-state index in [0.717, 1.165) is 18.1 Å². The second-order valence-corrected chi connectivity index (χ2v) is 7.63. The zero-order chi connectivity index (χ0) is 21.2. The van der Waals surface area contributed by atoms with Crippen LogP contribution in [0.4, 0.5) is 19.0 Å². The molecule has 0 aliphatic carbocycles. The predicted molar refractivity (Wildman–Crippen MR) is 104 cm³/mol. The molecular formula is C17H20ClF3N6OS. The Morgan fingerprint density at radius 3 is 2.66 bits per heavy atom. The van der Waals surface area contributed by atoms with Gasteiger partial charge in [-0.25, -0.2) is 4.98 Å². The van der Waals surface area contributed by atoms with Gasteiger partial charge in [0, 0.05) is 45.2 Å². The molecule has 0 spiro atoms. The van der Waals surface area contributed by atoms with Crippen molar-refractivity contribution in [3.63, 3.8) is 0 Å². The second kappa shape index (κ2) is 8.70. The van der Waals surface area contributed by atoms with E-state index >= 15 is 0 Å². The molecule has 1 aliphatic heterocycles. The fourth-order valence-electron chi connectivity index (χ4n) is 3.22. The smallest absolute Gasteiger partial charge is 0.355 e. The normalized spacial score (nSPS) is 15.6. The minimum absolute atomic E-state index is 0.0456. The molecule has 12 heteroatoms. The van der Waals surface area contributed by atoms with Gasteiger partial charge in [0.25, 0.3) is 0 Å². The molecular weight excluding hydrogens is 429 g/mol. The van der Waals surface area contributed by atoms with Crippen LogP contribution in [0.2, 0.25) is 5.02 Å². The summed E-state index contributed by atoms with van der Waals surface area (Å²) in [7, 11) is 1.80. The number of rotatable bonds is 5. The zero-order valence-electron chi connectivity index (χ0n) is 15.6. The maximum absolute atomic E-state index is 12.7. The Balaban J connectivity index is 1.50. The molecule has 1 amide bonds. The first kappa shape index (κ1) is 21.6. The Kier molecular flexibility index (Phi) is 6.47. The van der Waals surface area contributed by atoms with Crippen molar-refractivity contribution in [2.24, 2.45) is 13.0 Å². The number of nitrogens with one attached hydrogen (secondary N) is 2. The van der Waals surface area contributed by atoms with Crippen LogP contribution in [0.15, 0.2) is 12.3 Å². The number of hydrogen-bond donors (Lipinski definition) is 2. The summed E-state index contributed by atoms with van der Waals surface area (Å²) < 4.78 is 40.5. The molecule has 1 fully saturated rings. The Labute approximate surface area is 175 Å². The summed E-state index contributed by atoms with van der Waals surface area (Å²) in [5.74, 6) is 0.854. The van der Waals surface area contributed by atoms with Gasteiger partial charge in [-0.3, -0.25) is 9.89 Å². The Morgan fingerprint density at radius 1 is 1.41 bits per heavy atom. The van der Waals surface area contributed by atoms with E-state index in [1.807, 2.05) is 0 Å². The van der Waals surface area contributed by atoms with E-state index in [2.05, 4.69) is 20.5 Å². The third-order valence-corrected chi connectivity index (χ3v) is 5.58. The number of carbonyl (C=O) groups is 1. The molecule has 0 radical (unpaired) electrons. The SMILES string of the molecule is Cn1c(CCNC(=O)C2CCN(c3ncc(C(F)(F)F)cc3Cl)CC2)n[nH]c1=S. The van der Waals surface area contributed by atoms with Gasteiger partial charge in [-0.1, -0.05) is 11.6 Å². The number of anilines is 1. The first-order valence-corrected chi connectivity index (χ1v) is 9.81. The average molecular weight is 449 g/mol. The summed E-state index contributed by atoms with van der Waals surface area (Å²) in [6.45, 7) is 1.42. The van der Waals surface area contributed by atoms with Gasteiger partial charge in [0.05, 0.1) is 10.6 Å². The van der Waals surface area contributed by atoms with Gasteiger partial charge in [0.15, 0.2) is 4.77 Å². The molecule has 0 atom stereocenters. The lowest BCUT2D eigenvalue weighted by atomic mass is 9.96. The molecule has 2 aromatic heterocycles. The zero-order valence-corrected chi connectivity index (χ0v) is 17.2. The van der Waals surface area contributed by atoms with Crippen molar-refractivity contribution in [2.75, 3.05) is 24.5 Å². The van der Waals surface area contributed by atoms with E-state index in [1.54, 1.807) is 16.5 Å². The number of piperidine rings is 1. The third-order valence-electron chi connectivity index (χ3n) is 4.93. The molecule has 0 bridgehead atoms. The quantitative estimate of drug-likeness (QED) is 0.687. The van der Waals surface area contributed by atoms with Gasteiger partial charge in [-0.05, 0) is 31.1 Å². The lowest BCUT2D eigenvalue weighted by molar-refractivity contribution is -0.137. The van der Waals surface area contributed by atoms with Crippen LogP contribution in [0.5, 0.6) is 0 Å². The number of carbonyl (C=O) groups excluding carboxylic acids is 1. The number of aromatic amines is 1. The molecule has 1 aliphatic rings. The topological polar surface area (TPSA) is 78.8 Å². The van der Waals surface area contributed by atoms with Crippen LogP contribution in [0.1, 0.15) is 24.2 Å². The molecule has 1 saturated heterocycles. The first-order valence-electron chi connectivity index (χ1n) is 9.02.